The van der Waals surface area contributed by atoms with Gasteiger partial charge in [0.2, 0.25) is 0 Å². The lowest BCUT2D eigenvalue weighted by Gasteiger charge is -2.19. The molecule has 2 rings (SSSR count). The summed E-state index contributed by atoms with van der Waals surface area (Å²) in [5.74, 6) is 1.68. The van der Waals surface area contributed by atoms with E-state index < -0.39 is 5.60 Å². The summed E-state index contributed by atoms with van der Waals surface area (Å²) in [5, 5.41) is 9.81. The van der Waals surface area contributed by atoms with Gasteiger partial charge in [0.1, 0.15) is 11.6 Å². The molecule has 14 heavy (non-hydrogen) atoms. The number of rotatable bonds is 1. The van der Waals surface area contributed by atoms with Crippen molar-refractivity contribution >= 4 is 5.82 Å². The number of aliphatic hydroxyl groups is 1. The van der Waals surface area contributed by atoms with Crippen molar-refractivity contribution in [1.82, 2.24) is 9.97 Å². The van der Waals surface area contributed by atoms with Crippen molar-refractivity contribution in [3.63, 3.8) is 0 Å². The standard InChI is InChI=1S/C10H15N3O/c1-8-11-5-3-9(12-8)13-6-4-10(2,14)7-13/h3,5,14H,4,6-7H2,1-2H3. The predicted molar refractivity (Wildman–Crippen MR) is 54.2 cm³/mol. The molecular formula is C10H15N3O. The van der Waals surface area contributed by atoms with Crippen LogP contribution in [0.1, 0.15) is 19.2 Å². The van der Waals surface area contributed by atoms with Crippen LogP contribution in [0, 0.1) is 6.92 Å². The van der Waals surface area contributed by atoms with E-state index in [0.717, 1.165) is 24.6 Å². The van der Waals surface area contributed by atoms with Gasteiger partial charge < -0.3 is 10.0 Å². The molecule has 0 aliphatic carbocycles. The summed E-state index contributed by atoms with van der Waals surface area (Å²) in [5.41, 5.74) is -0.571. The highest BCUT2D eigenvalue weighted by atomic mass is 16.3. The van der Waals surface area contributed by atoms with Gasteiger partial charge in [-0.2, -0.15) is 0 Å². The SMILES string of the molecule is Cc1nccc(N2CCC(C)(O)C2)n1. The fraction of sp³-hybridized carbons (Fsp3) is 0.600. The van der Waals surface area contributed by atoms with Crippen LogP contribution >= 0.6 is 0 Å². The molecular weight excluding hydrogens is 178 g/mol. The summed E-state index contributed by atoms with van der Waals surface area (Å²) in [6.07, 6.45) is 2.56. The fourth-order valence-corrected chi connectivity index (χ4v) is 1.76. The molecule has 4 heteroatoms. The highest BCUT2D eigenvalue weighted by Crippen LogP contribution is 2.24. The molecule has 0 radical (unpaired) electrons. The number of aromatic nitrogens is 2. The molecule has 1 N–H and O–H groups in total. The minimum absolute atomic E-state index is 0.571. The maximum Gasteiger partial charge on any atom is 0.132 e. The van der Waals surface area contributed by atoms with Crippen molar-refractivity contribution in [2.45, 2.75) is 25.9 Å². The second kappa shape index (κ2) is 3.20. The van der Waals surface area contributed by atoms with Gasteiger partial charge >= 0.3 is 0 Å². The molecule has 76 valence electrons. The van der Waals surface area contributed by atoms with Gasteiger partial charge in [-0.1, -0.05) is 0 Å². The molecule has 1 fully saturated rings. The number of hydrogen-bond acceptors (Lipinski definition) is 4. The summed E-state index contributed by atoms with van der Waals surface area (Å²) < 4.78 is 0. The fourth-order valence-electron chi connectivity index (χ4n) is 1.76. The van der Waals surface area contributed by atoms with Crippen LogP contribution in [0.3, 0.4) is 0 Å². The zero-order chi connectivity index (χ0) is 10.2. The molecule has 1 saturated heterocycles. The summed E-state index contributed by atoms with van der Waals surface area (Å²) in [6.45, 7) is 5.26. The van der Waals surface area contributed by atoms with Crippen LogP contribution in [0.5, 0.6) is 0 Å². The second-order valence-corrected chi connectivity index (χ2v) is 4.13. The lowest BCUT2D eigenvalue weighted by molar-refractivity contribution is 0.0839. The van der Waals surface area contributed by atoms with Crippen molar-refractivity contribution in [3.8, 4) is 0 Å². The van der Waals surface area contributed by atoms with E-state index >= 15 is 0 Å². The number of nitrogens with zero attached hydrogens (tertiary/aromatic N) is 3. The van der Waals surface area contributed by atoms with Gasteiger partial charge in [0.15, 0.2) is 0 Å². The van der Waals surface area contributed by atoms with Gasteiger partial charge in [0.05, 0.1) is 5.60 Å². The van der Waals surface area contributed by atoms with Gasteiger partial charge in [-0.15, -0.1) is 0 Å². The topological polar surface area (TPSA) is 49.2 Å². The minimum Gasteiger partial charge on any atom is -0.388 e. The van der Waals surface area contributed by atoms with Gasteiger partial charge in [0.25, 0.3) is 0 Å². The first-order chi connectivity index (χ1) is 6.57. The average molecular weight is 193 g/mol. The minimum atomic E-state index is -0.571. The zero-order valence-corrected chi connectivity index (χ0v) is 8.56. The Morgan fingerprint density at radius 1 is 1.57 bits per heavy atom. The van der Waals surface area contributed by atoms with Crippen LogP contribution in [-0.2, 0) is 0 Å². The van der Waals surface area contributed by atoms with Crippen LogP contribution in [-0.4, -0.2) is 33.8 Å². The number of hydrogen-bond donors (Lipinski definition) is 1. The second-order valence-electron chi connectivity index (χ2n) is 4.13. The van der Waals surface area contributed by atoms with Crippen LogP contribution in [0.4, 0.5) is 5.82 Å². The zero-order valence-electron chi connectivity index (χ0n) is 8.56. The highest BCUT2D eigenvalue weighted by molar-refractivity contribution is 5.39. The molecule has 1 aromatic heterocycles. The Balaban J connectivity index is 2.17. The molecule has 1 aliphatic rings. The van der Waals surface area contributed by atoms with Crippen molar-refractivity contribution in [2.24, 2.45) is 0 Å². The van der Waals surface area contributed by atoms with E-state index in [4.69, 9.17) is 0 Å². The maximum atomic E-state index is 9.81. The van der Waals surface area contributed by atoms with E-state index in [-0.39, 0.29) is 0 Å². The van der Waals surface area contributed by atoms with E-state index in [1.54, 1.807) is 6.20 Å². The molecule has 1 unspecified atom stereocenters. The molecule has 1 aromatic rings. The summed E-state index contributed by atoms with van der Waals surface area (Å²) in [4.78, 5) is 10.5. The molecule has 4 nitrogen and oxygen atoms in total. The van der Waals surface area contributed by atoms with Crippen LogP contribution in [0.25, 0.3) is 0 Å². The lowest BCUT2D eigenvalue weighted by Crippen LogP contribution is -2.30. The Morgan fingerprint density at radius 3 is 2.93 bits per heavy atom. The third kappa shape index (κ3) is 1.85. The molecule has 0 spiro atoms. The van der Waals surface area contributed by atoms with E-state index in [0.29, 0.717) is 6.54 Å². The highest BCUT2D eigenvalue weighted by Gasteiger charge is 2.31. The molecule has 1 aliphatic heterocycles. The summed E-state index contributed by atoms with van der Waals surface area (Å²) in [6, 6.07) is 1.88. The first kappa shape index (κ1) is 9.40. The maximum absolute atomic E-state index is 9.81. The Hall–Kier alpha value is -1.16. The van der Waals surface area contributed by atoms with Crippen LogP contribution < -0.4 is 4.90 Å². The van der Waals surface area contributed by atoms with Crippen LogP contribution in [0.15, 0.2) is 12.3 Å². The van der Waals surface area contributed by atoms with Crippen molar-refractivity contribution in [3.05, 3.63) is 18.1 Å². The quantitative estimate of drug-likeness (QED) is 0.715. The van der Waals surface area contributed by atoms with E-state index in [9.17, 15) is 5.11 Å². The van der Waals surface area contributed by atoms with Gasteiger partial charge in [-0.05, 0) is 26.3 Å². The van der Waals surface area contributed by atoms with Gasteiger partial charge in [0, 0.05) is 19.3 Å². The van der Waals surface area contributed by atoms with E-state index in [2.05, 4.69) is 14.9 Å². The van der Waals surface area contributed by atoms with E-state index in [1.165, 1.54) is 0 Å². The van der Waals surface area contributed by atoms with Gasteiger partial charge in [-0.25, -0.2) is 9.97 Å². The number of anilines is 1. The van der Waals surface area contributed by atoms with Crippen molar-refractivity contribution in [2.75, 3.05) is 18.0 Å². The lowest BCUT2D eigenvalue weighted by atomic mass is 10.1. The van der Waals surface area contributed by atoms with Crippen molar-refractivity contribution < 1.29 is 5.11 Å². The molecule has 0 aromatic carbocycles. The van der Waals surface area contributed by atoms with Gasteiger partial charge in [-0.3, -0.25) is 0 Å². The molecule has 0 amide bonds. The third-order valence-corrected chi connectivity index (χ3v) is 2.54. The smallest absolute Gasteiger partial charge is 0.132 e. The predicted octanol–water partition coefficient (Wildman–Crippen LogP) is 0.746. The molecule has 2 heterocycles. The Bertz CT molecular complexity index is 338. The molecule has 0 bridgehead atoms. The monoisotopic (exact) mass is 193 g/mol. The first-order valence-corrected chi connectivity index (χ1v) is 4.84. The molecule has 1 atom stereocenters. The first-order valence-electron chi connectivity index (χ1n) is 4.84. The van der Waals surface area contributed by atoms with Crippen LogP contribution in [0.2, 0.25) is 0 Å². The van der Waals surface area contributed by atoms with E-state index in [1.807, 2.05) is 19.9 Å². The third-order valence-electron chi connectivity index (χ3n) is 2.54. The number of aryl methyl sites for hydroxylation is 1. The molecule has 0 saturated carbocycles. The van der Waals surface area contributed by atoms with Crippen molar-refractivity contribution in [1.29, 1.82) is 0 Å². The normalized spacial score (nSPS) is 26.9. The average Bonchev–Trinajstić information content (AvgIpc) is 2.46. The largest absolute Gasteiger partial charge is 0.388 e. The Labute approximate surface area is 83.6 Å². The summed E-state index contributed by atoms with van der Waals surface area (Å²) in [7, 11) is 0. The Morgan fingerprint density at radius 2 is 2.36 bits per heavy atom. The number of β-amino-alcohol motifs (C(OH)–C–C–N with tert-alkyl or cyclic N) is 1. The Kier molecular flexibility index (Phi) is 2.15. The summed E-state index contributed by atoms with van der Waals surface area (Å²) >= 11 is 0.